The molecule has 0 spiro atoms. The van der Waals surface area contributed by atoms with Crippen molar-refractivity contribution in [1.82, 2.24) is 4.90 Å². The second-order valence-electron chi connectivity index (χ2n) is 5.30. The van der Waals surface area contributed by atoms with Gasteiger partial charge in [-0.1, -0.05) is 31.0 Å². The number of nitrogens with zero attached hydrogens (tertiary/aromatic N) is 1. The van der Waals surface area contributed by atoms with Crippen LogP contribution in [0.4, 0.5) is 5.69 Å². The number of carbonyl (C=O) groups is 1. The fourth-order valence-electron chi connectivity index (χ4n) is 2.96. The molecule has 2 aliphatic heterocycles. The number of nitrogens with one attached hydrogen (secondary N) is 1. The molecule has 0 saturated carbocycles. The smallest absolute Gasteiger partial charge is 0.245 e. The Balaban J connectivity index is 1.68. The van der Waals surface area contributed by atoms with Gasteiger partial charge in [0, 0.05) is 25.2 Å². The summed E-state index contributed by atoms with van der Waals surface area (Å²) >= 11 is 0. The largest absolute Gasteiger partial charge is 0.373 e. The lowest BCUT2D eigenvalue weighted by atomic mass is 10.1. The van der Waals surface area contributed by atoms with E-state index in [0.29, 0.717) is 0 Å². The molecule has 0 aliphatic carbocycles. The Morgan fingerprint density at radius 1 is 1.11 bits per heavy atom. The van der Waals surface area contributed by atoms with Gasteiger partial charge in [0.25, 0.3) is 0 Å². The SMILES string of the molecule is O=C(C1Cc2ccccc2N1)N1CCCCCC1. The molecule has 1 aromatic carbocycles. The van der Waals surface area contributed by atoms with Crippen molar-refractivity contribution in [3.8, 4) is 0 Å². The van der Waals surface area contributed by atoms with Crippen molar-refractivity contribution in [3.63, 3.8) is 0 Å². The predicted molar refractivity (Wildman–Crippen MR) is 72.6 cm³/mol. The first kappa shape index (κ1) is 11.6. The van der Waals surface area contributed by atoms with E-state index < -0.39 is 0 Å². The Bertz CT molecular complexity index is 411. The summed E-state index contributed by atoms with van der Waals surface area (Å²) in [6.45, 7) is 1.88. The number of fused-ring (bicyclic) bond motifs is 1. The van der Waals surface area contributed by atoms with Crippen LogP contribution in [0.3, 0.4) is 0 Å². The first-order valence-electron chi connectivity index (χ1n) is 6.98. The van der Waals surface area contributed by atoms with Gasteiger partial charge < -0.3 is 10.2 Å². The van der Waals surface area contributed by atoms with E-state index in [1.165, 1.54) is 18.4 Å². The van der Waals surface area contributed by atoms with Crippen LogP contribution in [0.15, 0.2) is 24.3 Å². The van der Waals surface area contributed by atoms with Gasteiger partial charge in [-0.3, -0.25) is 4.79 Å². The second kappa shape index (κ2) is 5.01. The van der Waals surface area contributed by atoms with E-state index in [0.717, 1.165) is 38.0 Å². The van der Waals surface area contributed by atoms with Gasteiger partial charge in [0.2, 0.25) is 5.91 Å². The molecule has 1 saturated heterocycles. The van der Waals surface area contributed by atoms with E-state index in [2.05, 4.69) is 22.3 Å². The van der Waals surface area contributed by atoms with E-state index in [1.54, 1.807) is 0 Å². The number of amides is 1. The molecule has 96 valence electrons. The third kappa shape index (κ3) is 2.22. The van der Waals surface area contributed by atoms with Gasteiger partial charge in [-0.2, -0.15) is 0 Å². The van der Waals surface area contributed by atoms with Gasteiger partial charge in [0.15, 0.2) is 0 Å². The third-order valence-electron chi connectivity index (χ3n) is 3.99. The van der Waals surface area contributed by atoms with Crippen LogP contribution in [0.2, 0.25) is 0 Å². The second-order valence-corrected chi connectivity index (χ2v) is 5.30. The quantitative estimate of drug-likeness (QED) is 0.823. The summed E-state index contributed by atoms with van der Waals surface area (Å²) in [7, 11) is 0. The Morgan fingerprint density at radius 3 is 2.56 bits per heavy atom. The molecule has 1 aromatic rings. The molecule has 2 aliphatic rings. The number of benzene rings is 1. The Hall–Kier alpha value is -1.51. The van der Waals surface area contributed by atoms with Crippen molar-refractivity contribution >= 4 is 11.6 Å². The highest BCUT2D eigenvalue weighted by Crippen LogP contribution is 2.26. The number of anilines is 1. The van der Waals surface area contributed by atoms with Crippen LogP contribution in [-0.4, -0.2) is 29.9 Å². The minimum atomic E-state index is -0.0412. The van der Waals surface area contributed by atoms with Gasteiger partial charge in [-0.25, -0.2) is 0 Å². The summed E-state index contributed by atoms with van der Waals surface area (Å²) in [5.41, 5.74) is 2.40. The van der Waals surface area contributed by atoms with Crippen LogP contribution in [0.5, 0.6) is 0 Å². The zero-order valence-corrected chi connectivity index (χ0v) is 10.7. The summed E-state index contributed by atoms with van der Waals surface area (Å²) < 4.78 is 0. The number of hydrogen-bond donors (Lipinski definition) is 1. The molecule has 1 amide bonds. The summed E-state index contributed by atoms with van der Waals surface area (Å²) in [5.74, 6) is 0.285. The average Bonchev–Trinajstić information content (AvgIpc) is 2.64. The van der Waals surface area contributed by atoms with Gasteiger partial charge in [0.1, 0.15) is 6.04 Å². The lowest BCUT2D eigenvalue weighted by molar-refractivity contribution is -0.131. The minimum Gasteiger partial charge on any atom is -0.373 e. The standard InChI is InChI=1S/C15H20N2O/c18-15(17-9-5-1-2-6-10-17)14-11-12-7-3-4-8-13(12)16-14/h3-4,7-8,14,16H,1-2,5-6,9-11H2. The highest BCUT2D eigenvalue weighted by molar-refractivity contribution is 5.87. The Kier molecular flexibility index (Phi) is 3.22. The molecule has 1 atom stereocenters. The molecule has 3 rings (SSSR count). The molecule has 18 heavy (non-hydrogen) atoms. The van der Waals surface area contributed by atoms with Crippen molar-refractivity contribution in [1.29, 1.82) is 0 Å². The van der Waals surface area contributed by atoms with Crippen LogP contribution in [0, 0.1) is 0 Å². The molecule has 1 N–H and O–H groups in total. The number of para-hydroxylation sites is 1. The molecular weight excluding hydrogens is 224 g/mol. The Morgan fingerprint density at radius 2 is 1.83 bits per heavy atom. The van der Waals surface area contributed by atoms with Gasteiger partial charge in [0.05, 0.1) is 0 Å². The van der Waals surface area contributed by atoms with Crippen molar-refractivity contribution in [3.05, 3.63) is 29.8 Å². The monoisotopic (exact) mass is 244 g/mol. The molecule has 3 heteroatoms. The van der Waals surface area contributed by atoms with Crippen molar-refractivity contribution in [2.75, 3.05) is 18.4 Å². The van der Waals surface area contributed by atoms with E-state index in [-0.39, 0.29) is 11.9 Å². The predicted octanol–water partition coefficient (Wildman–Crippen LogP) is 2.43. The number of hydrogen-bond acceptors (Lipinski definition) is 2. The molecule has 0 bridgehead atoms. The summed E-state index contributed by atoms with van der Waals surface area (Å²) in [5, 5.41) is 3.36. The highest BCUT2D eigenvalue weighted by atomic mass is 16.2. The lowest BCUT2D eigenvalue weighted by Crippen LogP contribution is -2.42. The van der Waals surface area contributed by atoms with Crippen molar-refractivity contribution < 1.29 is 4.79 Å². The first-order chi connectivity index (χ1) is 8.84. The van der Waals surface area contributed by atoms with Crippen LogP contribution in [0.1, 0.15) is 31.2 Å². The fraction of sp³-hybridized carbons (Fsp3) is 0.533. The van der Waals surface area contributed by atoms with E-state index in [9.17, 15) is 4.79 Å². The lowest BCUT2D eigenvalue weighted by Gasteiger charge is -2.24. The summed E-state index contributed by atoms with van der Waals surface area (Å²) in [4.78, 5) is 14.5. The van der Waals surface area contributed by atoms with Crippen molar-refractivity contribution in [2.24, 2.45) is 0 Å². The third-order valence-corrected chi connectivity index (χ3v) is 3.99. The maximum absolute atomic E-state index is 12.5. The Labute approximate surface area is 108 Å². The highest BCUT2D eigenvalue weighted by Gasteiger charge is 2.29. The zero-order chi connectivity index (χ0) is 12.4. The average molecular weight is 244 g/mol. The summed E-state index contributed by atoms with van der Waals surface area (Å²) in [6, 6.07) is 8.19. The van der Waals surface area contributed by atoms with Gasteiger partial charge in [-0.05, 0) is 24.5 Å². The summed E-state index contributed by atoms with van der Waals surface area (Å²) in [6.07, 6.45) is 5.69. The number of likely N-dealkylation sites (tertiary alicyclic amines) is 1. The molecule has 0 aromatic heterocycles. The van der Waals surface area contributed by atoms with E-state index >= 15 is 0 Å². The van der Waals surface area contributed by atoms with Crippen LogP contribution in [0.25, 0.3) is 0 Å². The van der Waals surface area contributed by atoms with Crippen LogP contribution >= 0.6 is 0 Å². The van der Waals surface area contributed by atoms with Gasteiger partial charge in [-0.15, -0.1) is 0 Å². The molecule has 3 nitrogen and oxygen atoms in total. The molecule has 1 fully saturated rings. The first-order valence-corrected chi connectivity index (χ1v) is 6.98. The number of rotatable bonds is 1. The molecule has 2 heterocycles. The minimum absolute atomic E-state index is 0.0412. The normalized spacial score (nSPS) is 23.1. The number of carbonyl (C=O) groups excluding carboxylic acids is 1. The molecule has 1 unspecified atom stereocenters. The van der Waals surface area contributed by atoms with Crippen LogP contribution in [-0.2, 0) is 11.2 Å². The topological polar surface area (TPSA) is 32.3 Å². The van der Waals surface area contributed by atoms with Gasteiger partial charge >= 0.3 is 0 Å². The van der Waals surface area contributed by atoms with E-state index in [1.807, 2.05) is 12.1 Å². The van der Waals surface area contributed by atoms with Crippen molar-refractivity contribution in [2.45, 2.75) is 38.1 Å². The molecular formula is C15H20N2O. The molecule has 0 radical (unpaired) electrons. The maximum Gasteiger partial charge on any atom is 0.245 e. The fourth-order valence-corrected chi connectivity index (χ4v) is 2.96. The zero-order valence-electron chi connectivity index (χ0n) is 10.7. The van der Waals surface area contributed by atoms with E-state index in [4.69, 9.17) is 0 Å². The maximum atomic E-state index is 12.5. The van der Waals surface area contributed by atoms with Crippen LogP contribution < -0.4 is 5.32 Å².